The van der Waals surface area contributed by atoms with Crippen molar-refractivity contribution in [3.8, 4) is 0 Å². The molecule has 0 saturated carbocycles. The highest BCUT2D eigenvalue weighted by Crippen LogP contribution is 2.23. The normalized spacial score (nSPS) is 14.3. The van der Waals surface area contributed by atoms with E-state index in [1.807, 2.05) is 6.07 Å². The largest absolute Gasteiger partial charge is 0.294 e. The van der Waals surface area contributed by atoms with Gasteiger partial charge < -0.3 is 0 Å². The smallest absolute Gasteiger partial charge is 0.175 e. The average molecular weight is 328 g/mol. The number of hydrogen-bond acceptors (Lipinski definition) is 3. The van der Waals surface area contributed by atoms with Crippen LogP contribution in [0.4, 0.5) is 0 Å². The lowest BCUT2D eigenvalue weighted by atomic mass is 9.89. The van der Waals surface area contributed by atoms with Gasteiger partial charge >= 0.3 is 0 Å². The topological polar surface area (TPSA) is 51.2 Å². The Kier molecular flexibility index (Phi) is 4.35. The molecule has 0 unspecified atom stereocenters. The van der Waals surface area contributed by atoms with Crippen LogP contribution in [-0.2, 0) is 29.1 Å². The highest BCUT2D eigenvalue weighted by molar-refractivity contribution is 7.90. The standard InChI is InChI=1S/C19H20O3S/c1-23(21,22)18-10-8-16(9-11-18)19(20)13-14-6-7-15-4-2-3-5-17(15)12-14/h6-12H,2-5,13H2,1H3. The summed E-state index contributed by atoms with van der Waals surface area (Å²) in [5.74, 6) is 0.0146. The fraction of sp³-hybridized carbons (Fsp3) is 0.316. The second-order valence-electron chi connectivity index (χ2n) is 6.21. The number of rotatable bonds is 4. The van der Waals surface area contributed by atoms with Crippen LogP contribution in [0.3, 0.4) is 0 Å². The first-order chi connectivity index (χ1) is 10.9. The van der Waals surface area contributed by atoms with Crippen LogP contribution >= 0.6 is 0 Å². The summed E-state index contributed by atoms with van der Waals surface area (Å²) in [6.07, 6.45) is 6.22. The summed E-state index contributed by atoms with van der Waals surface area (Å²) in [5, 5.41) is 0. The second kappa shape index (κ2) is 6.28. The maximum Gasteiger partial charge on any atom is 0.175 e. The monoisotopic (exact) mass is 328 g/mol. The molecule has 3 nitrogen and oxygen atoms in total. The van der Waals surface area contributed by atoms with E-state index in [9.17, 15) is 13.2 Å². The Morgan fingerprint density at radius 2 is 1.61 bits per heavy atom. The van der Waals surface area contributed by atoms with E-state index in [2.05, 4.69) is 12.1 Å². The van der Waals surface area contributed by atoms with Crippen LogP contribution in [0.5, 0.6) is 0 Å². The van der Waals surface area contributed by atoms with Gasteiger partial charge in [0.2, 0.25) is 0 Å². The Bertz CT molecular complexity index is 833. The SMILES string of the molecule is CS(=O)(=O)c1ccc(C(=O)Cc2ccc3c(c2)CCCC3)cc1. The number of carbonyl (C=O) groups excluding carboxylic acids is 1. The van der Waals surface area contributed by atoms with E-state index < -0.39 is 9.84 Å². The van der Waals surface area contributed by atoms with Gasteiger partial charge in [0.05, 0.1) is 4.90 Å². The lowest BCUT2D eigenvalue weighted by Crippen LogP contribution is -2.07. The van der Waals surface area contributed by atoms with Crippen molar-refractivity contribution in [3.05, 3.63) is 64.7 Å². The zero-order valence-electron chi connectivity index (χ0n) is 13.2. The average Bonchev–Trinajstić information content (AvgIpc) is 2.54. The number of Topliss-reactive ketones (excluding diaryl/α,β-unsaturated/α-hetero) is 1. The molecule has 1 aliphatic carbocycles. The molecule has 1 aliphatic rings. The third-order valence-corrected chi connectivity index (χ3v) is 5.51. The van der Waals surface area contributed by atoms with Gasteiger partial charge in [-0.15, -0.1) is 0 Å². The van der Waals surface area contributed by atoms with E-state index in [0.29, 0.717) is 12.0 Å². The van der Waals surface area contributed by atoms with Gasteiger partial charge in [0.15, 0.2) is 15.6 Å². The molecule has 0 radical (unpaired) electrons. The fourth-order valence-corrected chi connectivity index (χ4v) is 3.70. The summed E-state index contributed by atoms with van der Waals surface area (Å²) >= 11 is 0. The van der Waals surface area contributed by atoms with E-state index in [1.54, 1.807) is 12.1 Å². The first kappa shape index (κ1) is 15.9. The number of aryl methyl sites for hydroxylation is 2. The molecule has 0 fully saturated rings. The van der Waals surface area contributed by atoms with Gasteiger partial charge in [0, 0.05) is 18.2 Å². The Balaban J connectivity index is 1.76. The molecule has 23 heavy (non-hydrogen) atoms. The highest BCUT2D eigenvalue weighted by Gasteiger charge is 2.13. The molecule has 0 atom stereocenters. The van der Waals surface area contributed by atoms with E-state index in [0.717, 1.165) is 24.7 Å². The molecule has 2 aromatic carbocycles. The minimum Gasteiger partial charge on any atom is -0.294 e. The van der Waals surface area contributed by atoms with Gasteiger partial charge in [-0.05, 0) is 54.5 Å². The minimum absolute atomic E-state index is 0.0146. The molecular formula is C19H20O3S. The predicted molar refractivity (Wildman–Crippen MR) is 90.7 cm³/mol. The molecule has 0 N–H and O–H groups in total. The van der Waals surface area contributed by atoms with Crippen molar-refractivity contribution >= 4 is 15.6 Å². The van der Waals surface area contributed by atoms with Gasteiger partial charge in [0.1, 0.15) is 0 Å². The Labute approximate surface area is 137 Å². The molecule has 4 heteroatoms. The molecule has 0 heterocycles. The number of fused-ring (bicyclic) bond motifs is 1. The molecule has 3 rings (SSSR count). The number of benzene rings is 2. The van der Waals surface area contributed by atoms with Crippen molar-refractivity contribution < 1.29 is 13.2 Å². The summed E-state index contributed by atoms with van der Waals surface area (Å²) < 4.78 is 22.9. The second-order valence-corrected chi connectivity index (χ2v) is 8.22. The molecule has 120 valence electrons. The number of sulfone groups is 1. The van der Waals surface area contributed by atoms with Gasteiger partial charge in [-0.1, -0.05) is 30.3 Å². The van der Waals surface area contributed by atoms with Crippen LogP contribution in [0.15, 0.2) is 47.4 Å². The first-order valence-electron chi connectivity index (χ1n) is 7.87. The van der Waals surface area contributed by atoms with Crippen molar-refractivity contribution in [1.29, 1.82) is 0 Å². The maximum absolute atomic E-state index is 12.4. The fourth-order valence-electron chi connectivity index (χ4n) is 3.07. The summed E-state index contributed by atoms with van der Waals surface area (Å²) in [7, 11) is -3.23. The van der Waals surface area contributed by atoms with Crippen LogP contribution in [0.1, 0.15) is 39.9 Å². The number of carbonyl (C=O) groups is 1. The van der Waals surface area contributed by atoms with Gasteiger partial charge in [-0.25, -0.2) is 8.42 Å². The molecule has 0 spiro atoms. The Morgan fingerprint density at radius 1 is 0.957 bits per heavy atom. The van der Waals surface area contributed by atoms with Gasteiger partial charge in [-0.2, -0.15) is 0 Å². The lowest BCUT2D eigenvalue weighted by molar-refractivity contribution is 0.0993. The molecular weight excluding hydrogens is 308 g/mol. The van der Waals surface area contributed by atoms with Crippen LogP contribution in [0, 0.1) is 0 Å². The summed E-state index contributed by atoms with van der Waals surface area (Å²) in [4.78, 5) is 12.6. The quantitative estimate of drug-likeness (QED) is 0.808. The van der Waals surface area contributed by atoms with E-state index in [4.69, 9.17) is 0 Å². The predicted octanol–water partition coefficient (Wildman–Crippen LogP) is 3.39. The third kappa shape index (κ3) is 3.70. The molecule has 0 saturated heterocycles. The van der Waals surface area contributed by atoms with Crippen LogP contribution < -0.4 is 0 Å². The number of ketones is 1. The van der Waals surface area contributed by atoms with Crippen LogP contribution in [-0.4, -0.2) is 20.5 Å². The van der Waals surface area contributed by atoms with Crippen molar-refractivity contribution in [2.45, 2.75) is 37.0 Å². The summed E-state index contributed by atoms with van der Waals surface area (Å²) in [6.45, 7) is 0. The maximum atomic E-state index is 12.4. The molecule has 0 bridgehead atoms. The van der Waals surface area contributed by atoms with Gasteiger partial charge in [0.25, 0.3) is 0 Å². The molecule has 2 aromatic rings. The summed E-state index contributed by atoms with van der Waals surface area (Å²) in [6, 6.07) is 12.5. The zero-order valence-corrected chi connectivity index (χ0v) is 14.0. The molecule has 0 amide bonds. The van der Waals surface area contributed by atoms with Crippen LogP contribution in [0.2, 0.25) is 0 Å². The highest BCUT2D eigenvalue weighted by atomic mass is 32.2. The summed E-state index contributed by atoms with van der Waals surface area (Å²) in [5.41, 5.74) is 4.36. The Hall–Kier alpha value is -1.94. The van der Waals surface area contributed by atoms with E-state index >= 15 is 0 Å². The van der Waals surface area contributed by atoms with Crippen molar-refractivity contribution in [3.63, 3.8) is 0 Å². The van der Waals surface area contributed by atoms with Crippen molar-refractivity contribution in [1.82, 2.24) is 0 Å². The minimum atomic E-state index is -3.23. The molecule has 0 aromatic heterocycles. The Morgan fingerprint density at radius 3 is 2.26 bits per heavy atom. The zero-order chi connectivity index (χ0) is 16.4. The molecule has 0 aliphatic heterocycles. The van der Waals surface area contributed by atoms with Gasteiger partial charge in [-0.3, -0.25) is 4.79 Å². The van der Waals surface area contributed by atoms with Crippen LogP contribution in [0.25, 0.3) is 0 Å². The van der Waals surface area contributed by atoms with E-state index in [-0.39, 0.29) is 10.7 Å². The number of hydrogen-bond donors (Lipinski definition) is 0. The van der Waals surface area contributed by atoms with Crippen molar-refractivity contribution in [2.75, 3.05) is 6.26 Å². The first-order valence-corrected chi connectivity index (χ1v) is 9.76. The third-order valence-electron chi connectivity index (χ3n) is 4.38. The lowest BCUT2D eigenvalue weighted by Gasteiger charge is -2.16. The van der Waals surface area contributed by atoms with Crippen molar-refractivity contribution in [2.24, 2.45) is 0 Å². The van der Waals surface area contributed by atoms with E-state index in [1.165, 1.54) is 36.1 Å².